The lowest BCUT2D eigenvalue weighted by Gasteiger charge is -2.34. The Labute approximate surface area is 176 Å². The molecule has 1 fully saturated rings. The van der Waals surface area contributed by atoms with Crippen molar-refractivity contribution >= 4 is 11.9 Å². The molecule has 1 aliphatic rings. The Morgan fingerprint density at radius 2 is 2.13 bits per heavy atom. The van der Waals surface area contributed by atoms with E-state index in [1.165, 1.54) is 7.11 Å². The number of halogens is 2. The Morgan fingerprint density at radius 3 is 2.80 bits per heavy atom. The van der Waals surface area contributed by atoms with Gasteiger partial charge in [0.25, 0.3) is 0 Å². The van der Waals surface area contributed by atoms with Crippen LogP contribution in [0.4, 0.5) is 8.78 Å². The van der Waals surface area contributed by atoms with Crippen molar-refractivity contribution in [1.29, 1.82) is 0 Å². The largest absolute Gasteiger partial charge is 0.493 e. The lowest BCUT2D eigenvalue weighted by Crippen LogP contribution is -2.48. The summed E-state index contributed by atoms with van der Waals surface area (Å²) >= 11 is 0. The molecule has 168 valence electrons. The number of methoxy groups -OCH3 is 1. The number of nitrogens with one attached hydrogen (secondary N) is 1. The number of carbonyl (C=O) groups is 1. The molecule has 9 heteroatoms. The number of hydrogen-bond donors (Lipinski definition) is 1. The first-order chi connectivity index (χ1) is 14.5. The van der Waals surface area contributed by atoms with E-state index in [-0.39, 0.29) is 23.4 Å². The van der Waals surface area contributed by atoms with Gasteiger partial charge in [0, 0.05) is 26.2 Å². The first kappa shape index (κ1) is 23.7. The summed E-state index contributed by atoms with van der Waals surface area (Å²) in [4.78, 5) is 18.8. The highest BCUT2D eigenvalue weighted by Crippen LogP contribution is 2.29. The molecule has 1 N–H and O–H groups in total. The summed E-state index contributed by atoms with van der Waals surface area (Å²) < 4.78 is 40.0. The zero-order valence-corrected chi connectivity index (χ0v) is 17.8. The standard InChI is InChI=1S/C21H31F2N3O4/c1-4-24-21(26-12-6-7-16(14-26)19(27)29-5-2)25-11-10-15-8-9-17(28-3)18(13-15)30-20(22)23/h8-9,13,16,20H,4-7,10-12,14H2,1-3H3,(H,24,25). The molecule has 1 atom stereocenters. The molecule has 1 aliphatic heterocycles. The van der Waals surface area contributed by atoms with E-state index in [0.717, 1.165) is 30.9 Å². The van der Waals surface area contributed by atoms with Crippen molar-refractivity contribution < 1.29 is 27.8 Å². The lowest BCUT2D eigenvalue weighted by atomic mass is 9.98. The van der Waals surface area contributed by atoms with Gasteiger partial charge in [-0.15, -0.1) is 0 Å². The van der Waals surface area contributed by atoms with Crippen LogP contribution in [-0.4, -0.2) is 63.3 Å². The highest BCUT2D eigenvalue weighted by atomic mass is 19.3. The third-order valence-corrected chi connectivity index (χ3v) is 4.78. The zero-order valence-electron chi connectivity index (χ0n) is 17.8. The fraction of sp³-hybridized carbons (Fsp3) is 0.619. The predicted molar refractivity (Wildman–Crippen MR) is 110 cm³/mol. The number of ether oxygens (including phenoxy) is 3. The Bertz CT molecular complexity index is 715. The van der Waals surface area contributed by atoms with E-state index in [1.807, 2.05) is 6.92 Å². The van der Waals surface area contributed by atoms with Crippen molar-refractivity contribution in [3.63, 3.8) is 0 Å². The molecule has 1 saturated heterocycles. The van der Waals surface area contributed by atoms with E-state index in [1.54, 1.807) is 25.1 Å². The third kappa shape index (κ3) is 7.03. The van der Waals surface area contributed by atoms with Crippen LogP contribution in [0.3, 0.4) is 0 Å². The maximum atomic E-state index is 12.6. The Morgan fingerprint density at radius 1 is 1.33 bits per heavy atom. The number of esters is 1. The van der Waals surface area contributed by atoms with Gasteiger partial charge in [0.2, 0.25) is 0 Å². The molecule has 1 aromatic rings. The number of carbonyl (C=O) groups excluding carboxylic acids is 1. The van der Waals surface area contributed by atoms with Gasteiger partial charge < -0.3 is 24.4 Å². The monoisotopic (exact) mass is 427 g/mol. The van der Waals surface area contributed by atoms with Crippen molar-refractivity contribution in [2.45, 2.75) is 39.7 Å². The Kier molecular flexibility index (Phi) is 9.63. The van der Waals surface area contributed by atoms with E-state index < -0.39 is 6.61 Å². The fourth-order valence-corrected chi connectivity index (χ4v) is 3.40. The van der Waals surface area contributed by atoms with E-state index in [4.69, 9.17) is 9.47 Å². The Balaban J connectivity index is 2.03. The van der Waals surface area contributed by atoms with E-state index in [9.17, 15) is 13.6 Å². The average molecular weight is 427 g/mol. The molecule has 0 spiro atoms. The van der Waals surface area contributed by atoms with E-state index in [2.05, 4.69) is 19.9 Å². The summed E-state index contributed by atoms with van der Waals surface area (Å²) in [6.07, 6.45) is 2.25. The minimum atomic E-state index is -2.92. The molecule has 0 amide bonds. The maximum absolute atomic E-state index is 12.6. The molecule has 30 heavy (non-hydrogen) atoms. The van der Waals surface area contributed by atoms with Gasteiger partial charge in [0.1, 0.15) is 0 Å². The summed E-state index contributed by atoms with van der Waals surface area (Å²) in [5, 5.41) is 3.27. The second-order valence-corrected chi connectivity index (χ2v) is 6.89. The molecule has 0 bridgehead atoms. The van der Waals surface area contributed by atoms with Gasteiger partial charge in [-0.1, -0.05) is 6.07 Å². The van der Waals surface area contributed by atoms with Crippen LogP contribution in [0.5, 0.6) is 11.5 Å². The summed E-state index contributed by atoms with van der Waals surface area (Å²) in [7, 11) is 1.41. The fourth-order valence-electron chi connectivity index (χ4n) is 3.40. The normalized spacial score (nSPS) is 17.1. The van der Waals surface area contributed by atoms with Crippen molar-refractivity contribution in [2.24, 2.45) is 10.9 Å². The van der Waals surface area contributed by atoms with Crippen LogP contribution in [-0.2, 0) is 16.0 Å². The van der Waals surface area contributed by atoms with Crippen molar-refractivity contribution in [1.82, 2.24) is 10.2 Å². The van der Waals surface area contributed by atoms with Gasteiger partial charge >= 0.3 is 12.6 Å². The minimum absolute atomic E-state index is 0.00851. The number of rotatable bonds is 9. The van der Waals surface area contributed by atoms with Gasteiger partial charge in [-0.25, -0.2) is 0 Å². The summed E-state index contributed by atoms with van der Waals surface area (Å²) in [5.41, 5.74) is 0.814. The van der Waals surface area contributed by atoms with Crippen LogP contribution >= 0.6 is 0 Å². The quantitative estimate of drug-likeness (QED) is 0.371. The second-order valence-electron chi connectivity index (χ2n) is 6.89. The van der Waals surface area contributed by atoms with Crippen LogP contribution in [0.1, 0.15) is 32.3 Å². The molecule has 1 aromatic carbocycles. The van der Waals surface area contributed by atoms with Crippen LogP contribution < -0.4 is 14.8 Å². The Hall–Kier alpha value is -2.58. The zero-order chi connectivity index (χ0) is 21.9. The highest BCUT2D eigenvalue weighted by molar-refractivity contribution is 5.81. The molecule has 0 aliphatic carbocycles. The molecule has 0 saturated carbocycles. The smallest absolute Gasteiger partial charge is 0.387 e. The molecular weight excluding hydrogens is 396 g/mol. The minimum Gasteiger partial charge on any atom is -0.493 e. The number of likely N-dealkylation sites (tertiary alicyclic amines) is 1. The van der Waals surface area contributed by atoms with Gasteiger partial charge in [-0.2, -0.15) is 8.78 Å². The highest BCUT2D eigenvalue weighted by Gasteiger charge is 2.28. The second kappa shape index (κ2) is 12.2. The average Bonchev–Trinajstić information content (AvgIpc) is 2.73. The molecular formula is C21H31F2N3O4. The van der Waals surface area contributed by atoms with Crippen LogP contribution in [0, 0.1) is 5.92 Å². The van der Waals surface area contributed by atoms with Crippen LogP contribution in [0.25, 0.3) is 0 Å². The van der Waals surface area contributed by atoms with E-state index >= 15 is 0 Å². The predicted octanol–water partition coefficient (Wildman–Crippen LogP) is 3.08. The molecule has 1 unspecified atom stereocenters. The number of benzene rings is 1. The number of nitrogens with zero attached hydrogens (tertiary/aromatic N) is 2. The number of guanidine groups is 1. The van der Waals surface area contributed by atoms with Gasteiger partial charge in [0.15, 0.2) is 17.5 Å². The topological polar surface area (TPSA) is 72.4 Å². The number of alkyl halides is 2. The van der Waals surface area contributed by atoms with Gasteiger partial charge in [0.05, 0.1) is 19.6 Å². The van der Waals surface area contributed by atoms with Crippen molar-refractivity contribution in [3.05, 3.63) is 23.8 Å². The summed E-state index contributed by atoms with van der Waals surface area (Å²) in [6, 6.07) is 4.96. The van der Waals surface area contributed by atoms with Crippen LogP contribution in [0.15, 0.2) is 23.2 Å². The van der Waals surface area contributed by atoms with E-state index in [0.29, 0.717) is 32.7 Å². The molecule has 0 radical (unpaired) electrons. The molecule has 7 nitrogen and oxygen atoms in total. The molecule has 0 aromatic heterocycles. The van der Waals surface area contributed by atoms with Gasteiger partial charge in [-0.05, 0) is 50.8 Å². The number of aliphatic imine (C=N–C) groups is 1. The summed E-state index contributed by atoms with van der Waals surface area (Å²) in [6.45, 7) is 3.80. The first-order valence-electron chi connectivity index (χ1n) is 10.3. The third-order valence-electron chi connectivity index (χ3n) is 4.78. The van der Waals surface area contributed by atoms with Crippen molar-refractivity contribution in [2.75, 3.05) is 39.9 Å². The van der Waals surface area contributed by atoms with Crippen molar-refractivity contribution in [3.8, 4) is 11.5 Å². The first-order valence-corrected chi connectivity index (χ1v) is 10.3. The molecule has 2 rings (SSSR count). The van der Waals surface area contributed by atoms with Crippen LogP contribution in [0.2, 0.25) is 0 Å². The summed E-state index contributed by atoms with van der Waals surface area (Å²) in [5.74, 6) is 0.688. The van der Waals surface area contributed by atoms with Gasteiger partial charge in [-0.3, -0.25) is 9.79 Å². The molecule has 1 heterocycles. The SMILES string of the molecule is CCNC(=NCCc1ccc(OC)c(OC(F)F)c1)N1CCCC(C(=O)OCC)C1. The maximum Gasteiger partial charge on any atom is 0.387 e. The lowest BCUT2D eigenvalue weighted by molar-refractivity contribution is -0.149. The number of piperidine rings is 1. The number of hydrogen-bond acceptors (Lipinski definition) is 5.